The molecule has 1 aliphatic rings. The standard InChI is InChI=1S/C12H21NO4/c1-3-4-6-9(12(15)16-2)13-11(14)10-7-5-8-17-10/h9-10H,3-8H2,1-2H3,(H,13,14)/t9-,10-/m1/s1. The molecule has 98 valence electrons. The molecule has 0 unspecified atom stereocenters. The van der Waals surface area contributed by atoms with Crippen LogP contribution in [0.4, 0.5) is 0 Å². The average Bonchev–Trinajstić information content (AvgIpc) is 2.87. The third-order valence-corrected chi connectivity index (χ3v) is 2.87. The normalized spacial score (nSPS) is 20.9. The molecular weight excluding hydrogens is 222 g/mol. The summed E-state index contributed by atoms with van der Waals surface area (Å²) in [7, 11) is 1.33. The van der Waals surface area contributed by atoms with Gasteiger partial charge in [-0.1, -0.05) is 19.8 Å². The molecule has 1 saturated heterocycles. The minimum atomic E-state index is -0.545. The Morgan fingerprint density at radius 3 is 2.82 bits per heavy atom. The SMILES string of the molecule is CCCC[C@@H](NC(=O)[C@H]1CCCO1)C(=O)OC. The van der Waals surface area contributed by atoms with Crippen molar-refractivity contribution in [1.82, 2.24) is 5.32 Å². The molecule has 1 N–H and O–H groups in total. The molecular formula is C12H21NO4. The number of methoxy groups -OCH3 is 1. The topological polar surface area (TPSA) is 64.6 Å². The summed E-state index contributed by atoms with van der Waals surface area (Å²) in [6.45, 7) is 2.66. The lowest BCUT2D eigenvalue weighted by molar-refractivity contribution is -0.146. The van der Waals surface area contributed by atoms with Crippen molar-refractivity contribution in [3.05, 3.63) is 0 Å². The van der Waals surface area contributed by atoms with Crippen molar-refractivity contribution >= 4 is 11.9 Å². The second-order valence-electron chi connectivity index (χ2n) is 4.23. The Labute approximate surface area is 102 Å². The van der Waals surface area contributed by atoms with Gasteiger partial charge in [0, 0.05) is 6.61 Å². The van der Waals surface area contributed by atoms with Crippen molar-refractivity contribution < 1.29 is 19.1 Å². The molecule has 0 aromatic heterocycles. The molecule has 1 fully saturated rings. The van der Waals surface area contributed by atoms with Crippen molar-refractivity contribution in [3.8, 4) is 0 Å². The van der Waals surface area contributed by atoms with Crippen LogP contribution in [0.15, 0.2) is 0 Å². The summed E-state index contributed by atoms with van der Waals surface area (Å²) in [5.41, 5.74) is 0. The number of rotatable bonds is 6. The van der Waals surface area contributed by atoms with Gasteiger partial charge in [0.25, 0.3) is 0 Å². The van der Waals surface area contributed by atoms with Crippen molar-refractivity contribution in [3.63, 3.8) is 0 Å². The minimum absolute atomic E-state index is 0.200. The van der Waals surface area contributed by atoms with Crippen molar-refractivity contribution in [2.24, 2.45) is 0 Å². The van der Waals surface area contributed by atoms with Gasteiger partial charge in [-0.3, -0.25) is 4.79 Å². The van der Waals surface area contributed by atoms with Crippen LogP contribution >= 0.6 is 0 Å². The predicted molar refractivity (Wildman–Crippen MR) is 62.4 cm³/mol. The highest BCUT2D eigenvalue weighted by Gasteiger charge is 2.28. The Hall–Kier alpha value is -1.10. The van der Waals surface area contributed by atoms with E-state index in [-0.39, 0.29) is 11.9 Å². The molecule has 0 aromatic rings. The van der Waals surface area contributed by atoms with Crippen LogP contribution in [0.25, 0.3) is 0 Å². The smallest absolute Gasteiger partial charge is 0.328 e. The maximum absolute atomic E-state index is 11.8. The van der Waals surface area contributed by atoms with Gasteiger partial charge >= 0.3 is 5.97 Å². The first-order valence-electron chi connectivity index (χ1n) is 6.18. The van der Waals surface area contributed by atoms with Crippen LogP contribution in [-0.4, -0.2) is 37.7 Å². The zero-order chi connectivity index (χ0) is 12.7. The van der Waals surface area contributed by atoms with Crippen LogP contribution in [0.2, 0.25) is 0 Å². The maximum atomic E-state index is 11.8. The third kappa shape index (κ3) is 4.34. The maximum Gasteiger partial charge on any atom is 0.328 e. The number of carbonyl (C=O) groups excluding carboxylic acids is 2. The summed E-state index contributed by atoms with van der Waals surface area (Å²) in [5, 5.41) is 2.71. The fourth-order valence-electron chi connectivity index (χ4n) is 1.85. The highest BCUT2D eigenvalue weighted by atomic mass is 16.5. The van der Waals surface area contributed by atoms with Gasteiger partial charge in [0.15, 0.2) is 0 Å². The van der Waals surface area contributed by atoms with E-state index in [2.05, 4.69) is 10.1 Å². The Morgan fingerprint density at radius 1 is 1.53 bits per heavy atom. The van der Waals surface area contributed by atoms with Gasteiger partial charge in [0.2, 0.25) is 5.91 Å². The van der Waals surface area contributed by atoms with Gasteiger partial charge in [-0.25, -0.2) is 4.79 Å². The van der Waals surface area contributed by atoms with E-state index in [4.69, 9.17) is 4.74 Å². The molecule has 0 saturated carbocycles. The van der Waals surface area contributed by atoms with E-state index in [0.29, 0.717) is 13.0 Å². The Balaban J connectivity index is 2.46. The first kappa shape index (κ1) is 14.0. The fraction of sp³-hybridized carbons (Fsp3) is 0.833. The molecule has 0 aliphatic carbocycles. The van der Waals surface area contributed by atoms with Crippen LogP contribution in [-0.2, 0) is 19.1 Å². The largest absolute Gasteiger partial charge is 0.467 e. The van der Waals surface area contributed by atoms with Gasteiger partial charge < -0.3 is 14.8 Å². The monoisotopic (exact) mass is 243 g/mol. The molecule has 17 heavy (non-hydrogen) atoms. The molecule has 0 radical (unpaired) electrons. The predicted octanol–water partition coefficient (Wildman–Crippen LogP) is 1.01. The average molecular weight is 243 g/mol. The van der Waals surface area contributed by atoms with Crippen LogP contribution in [0, 0.1) is 0 Å². The molecule has 1 rings (SSSR count). The van der Waals surface area contributed by atoms with E-state index >= 15 is 0 Å². The number of hydrogen-bond donors (Lipinski definition) is 1. The molecule has 1 amide bonds. The molecule has 0 bridgehead atoms. The summed E-state index contributed by atoms with van der Waals surface area (Å²) in [6, 6.07) is -0.545. The molecule has 5 heteroatoms. The molecule has 0 aromatic carbocycles. The van der Waals surface area contributed by atoms with Gasteiger partial charge in [0.1, 0.15) is 12.1 Å². The zero-order valence-electron chi connectivity index (χ0n) is 10.5. The lowest BCUT2D eigenvalue weighted by Gasteiger charge is -2.18. The van der Waals surface area contributed by atoms with Crippen LogP contribution in [0.3, 0.4) is 0 Å². The summed E-state index contributed by atoms with van der Waals surface area (Å²) >= 11 is 0. The number of carbonyl (C=O) groups is 2. The highest BCUT2D eigenvalue weighted by molar-refractivity contribution is 5.87. The van der Waals surface area contributed by atoms with E-state index < -0.39 is 12.1 Å². The number of unbranched alkanes of at least 4 members (excludes halogenated alkanes) is 1. The summed E-state index contributed by atoms with van der Waals surface area (Å²) in [6.07, 6.45) is 3.70. The molecule has 0 spiro atoms. The summed E-state index contributed by atoms with van der Waals surface area (Å²) in [4.78, 5) is 23.3. The fourth-order valence-corrected chi connectivity index (χ4v) is 1.85. The second kappa shape index (κ2) is 7.27. The number of amides is 1. The molecule has 1 aliphatic heterocycles. The van der Waals surface area contributed by atoms with E-state index in [1.54, 1.807) is 0 Å². The number of esters is 1. The molecule has 1 heterocycles. The van der Waals surface area contributed by atoms with Gasteiger partial charge in [-0.15, -0.1) is 0 Å². The third-order valence-electron chi connectivity index (χ3n) is 2.87. The van der Waals surface area contributed by atoms with Gasteiger partial charge in [-0.05, 0) is 19.3 Å². The number of ether oxygens (including phenoxy) is 2. The Bertz CT molecular complexity index is 261. The Kier molecular flexibility index (Phi) is 5.97. The van der Waals surface area contributed by atoms with Gasteiger partial charge in [0.05, 0.1) is 7.11 Å². The van der Waals surface area contributed by atoms with Crippen LogP contribution in [0.5, 0.6) is 0 Å². The van der Waals surface area contributed by atoms with E-state index in [0.717, 1.165) is 25.7 Å². The first-order chi connectivity index (χ1) is 8.19. The first-order valence-corrected chi connectivity index (χ1v) is 6.18. The quantitative estimate of drug-likeness (QED) is 0.707. The van der Waals surface area contributed by atoms with Crippen LogP contribution < -0.4 is 5.32 Å². The zero-order valence-corrected chi connectivity index (χ0v) is 10.5. The van der Waals surface area contributed by atoms with E-state index in [1.165, 1.54) is 7.11 Å². The van der Waals surface area contributed by atoms with Gasteiger partial charge in [-0.2, -0.15) is 0 Å². The summed E-state index contributed by atoms with van der Waals surface area (Å²) in [5.74, 6) is -0.584. The van der Waals surface area contributed by atoms with Crippen molar-refractivity contribution in [1.29, 1.82) is 0 Å². The minimum Gasteiger partial charge on any atom is -0.467 e. The molecule has 5 nitrogen and oxygen atoms in total. The molecule has 2 atom stereocenters. The Morgan fingerprint density at radius 2 is 2.29 bits per heavy atom. The second-order valence-corrected chi connectivity index (χ2v) is 4.23. The highest BCUT2D eigenvalue weighted by Crippen LogP contribution is 2.13. The summed E-state index contributed by atoms with van der Waals surface area (Å²) < 4.78 is 9.95. The van der Waals surface area contributed by atoms with Crippen LogP contribution in [0.1, 0.15) is 39.0 Å². The lowest BCUT2D eigenvalue weighted by atomic mass is 10.1. The van der Waals surface area contributed by atoms with E-state index in [1.807, 2.05) is 6.92 Å². The van der Waals surface area contributed by atoms with Crippen molar-refractivity contribution in [2.75, 3.05) is 13.7 Å². The van der Waals surface area contributed by atoms with E-state index in [9.17, 15) is 9.59 Å². The number of nitrogens with one attached hydrogen (secondary N) is 1. The van der Waals surface area contributed by atoms with Crippen molar-refractivity contribution in [2.45, 2.75) is 51.2 Å². The number of hydrogen-bond acceptors (Lipinski definition) is 4. The lowest BCUT2D eigenvalue weighted by Crippen LogP contribution is -2.45.